The van der Waals surface area contributed by atoms with Crippen LogP contribution in [-0.4, -0.2) is 74.9 Å². The highest BCUT2D eigenvalue weighted by Gasteiger charge is 2.34. The second-order valence-corrected chi connectivity index (χ2v) is 12.9. The molecule has 0 spiro atoms. The monoisotopic (exact) mass is 615 g/mol. The van der Waals surface area contributed by atoms with Gasteiger partial charge in [0.15, 0.2) is 11.5 Å². The molecule has 10 nitrogen and oxygen atoms in total. The first kappa shape index (κ1) is 30.0. The number of amides is 1. The summed E-state index contributed by atoms with van der Waals surface area (Å²) in [7, 11) is -1.94. The average molecular weight is 616 g/mol. The van der Waals surface area contributed by atoms with Crippen molar-refractivity contribution in [3.8, 4) is 17.2 Å². The number of carbonyl (C=O) groups excluding carboxylic acids is 1. The summed E-state index contributed by atoms with van der Waals surface area (Å²) >= 11 is 5.91. The van der Waals surface area contributed by atoms with E-state index in [4.69, 9.17) is 25.8 Å². The molecule has 3 atom stereocenters. The summed E-state index contributed by atoms with van der Waals surface area (Å²) in [5, 5.41) is 10.4. The first-order valence-corrected chi connectivity index (χ1v) is 15.5. The van der Waals surface area contributed by atoms with Gasteiger partial charge < -0.3 is 24.2 Å². The molecule has 3 aromatic carbocycles. The number of sulfonamides is 1. The Morgan fingerprint density at radius 2 is 1.79 bits per heavy atom. The molecular formula is C30H34ClN3O7S. The number of aliphatic hydroxyl groups excluding tert-OH is 1. The molecule has 5 rings (SSSR count). The Kier molecular flexibility index (Phi) is 8.84. The van der Waals surface area contributed by atoms with Crippen LogP contribution in [0.2, 0.25) is 5.02 Å². The van der Waals surface area contributed by atoms with Crippen molar-refractivity contribution in [3.05, 3.63) is 76.8 Å². The molecule has 0 bridgehead atoms. The summed E-state index contributed by atoms with van der Waals surface area (Å²) in [5.74, 6) is 1.38. The van der Waals surface area contributed by atoms with Crippen LogP contribution in [0.3, 0.4) is 0 Å². The zero-order valence-corrected chi connectivity index (χ0v) is 25.2. The fourth-order valence-corrected chi connectivity index (χ4v) is 6.23. The van der Waals surface area contributed by atoms with Crippen molar-refractivity contribution in [2.45, 2.75) is 37.4 Å². The Labute approximate surface area is 250 Å². The number of fused-ring (bicyclic) bond motifs is 2. The van der Waals surface area contributed by atoms with E-state index in [9.17, 15) is 18.3 Å². The maximum atomic E-state index is 13.7. The number of hydrogen-bond donors (Lipinski definition) is 2. The standard InChI is InChI=1S/C30H34ClN3O7S/c1-19-14-34(20(2)17-35)30(36)25-13-23(32-42(37,38)24-8-5-22(31)6-9-24)7-11-26(25)41-29(19)16-33(3)15-21-4-10-27-28(12-21)40-18-39-27/h4-13,19-20,29,32,35H,14-18H2,1-3H3/t19-,20+,29-/m1/s1. The van der Waals surface area contributed by atoms with E-state index in [-0.39, 0.29) is 47.5 Å². The average Bonchev–Trinajstić information content (AvgIpc) is 3.43. The van der Waals surface area contributed by atoms with Gasteiger partial charge in [-0.2, -0.15) is 0 Å². The van der Waals surface area contributed by atoms with Crippen molar-refractivity contribution < 1.29 is 32.5 Å². The van der Waals surface area contributed by atoms with E-state index in [2.05, 4.69) is 9.62 Å². The number of nitrogens with one attached hydrogen (secondary N) is 1. The maximum absolute atomic E-state index is 13.7. The van der Waals surface area contributed by atoms with Crippen molar-refractivity contribution in [1.82, 2.24) is 9.80 Å². The maximum Gasteiger partial charge on any atom is 0.261 e. The normalized spacial score (nSPS) is 19.1. The number of carbonyl (C=O) groups is 1. The van der Waals surface area contributed by atoms with E-state index in [1.807, 2.05) is 32.2 Å². The van der Waals surface area contributed by atoms with Gasteiger partial charge in [-0.1, -0.05) is 24.6 Å². The van der Waals surface area contributed by atoms with Gasteiger partial charge in [-0.15, -0.1) is 0 Å². The SMILES string of the molecule is C[C@@H]1CN([C@@H](C)CO)C(=O)c2cc(NS(=O)(=O)c3ccc(Cl)cc3)ccc2O[C@@H]1CN(C)Cc1ccc2c(c1)OCO2. The first-order chi connectivity index (χ1) is 20.0. The van der Waals surface area contributed by atoms with Gasteiger partial charge in [0.25, 0.3) is 15.9 Å². The molecule has 0 fully saturated rings. The molecule has 2 aliphatic heterocycles. The smallest absolute Gasteiger partial charge is 0.261 e. The zero-order valence-electron chi connectivity index (χ0n) is 23.6. The van der Waals surface area contributed by atoms with E-state index in [1.165, 1.54) is 30.3 Å². The lowest BCUT2D eigenvalue weighted by atomic mass is 9.99. The molecule has 0 aromatic heterocycles. The molecule has 12 heteroatoms. The van der Waals surface area contributed by atoms with Crippen LogP contribution >= 0.6 is 11.6 Å². The molecule has 0 saturated heterocycles. The van der Waals surface area contributed by atoms with Crippen LogP contribution in [0, 0.1) is 5.92 Å². The molecule has 3 aromatic rings. The summed E-state index contributed by atoms with van der Waals surface area (Å²) in [6.45, 7) is 5.33. The molecule has 0 unspecified atom stereocenters. The predicted molar refractivity (Wildman–Crippen MR) is 159 cm³/mol. The van der Waals surface area contributed by atoms with Crippen molar-refractivity contribution in [2.75, 3.05) is 38.3 Å². The van der Waals surface area contributed by atoms with Crippen molar-refractivity contribution in [1.29, 1.82) is 0 Å². The Bertz CT molecular complexity index is 1550. The highest BCUT2D eigenvalue weighted by molar-refractivity contribution is 7.92. The summed E-state index contributed by atoms with van der Waals surface area (Å²) in [5.41, 5.74) is 1.48. The van der Waals surface area contributed by atoms with Gasteiger partial charge in [0.2, 0.25) is 6.79 Å². The Morgan fingerprint density at radius 3 is 2.52 bits per heavy atom. The molecule has 1 amide bonds. The topological polar surface area (TPSA) is 118 Å². The van der Waals surface area contributed by atoms with E-state index < -0.39 is 16.1 Å². The van der Waals surface area contributed by atoms with E-state index in [0.717, 1.165) is 17.1 Å². The van der Waals surface area contributed by atoms with E-state index >= 15 is 0 Å². The predicted octanol–water partition coefficient (Wildman–Crippen LogP) is 4.22. The molecular weight excluding hydrogens is 582 g/mol. The van der Waals surface area contributed by atoms with Crippen LogP contribution in [0.15, 0.2) is 65.6 Å². The molecule has 0 aliphatic carbocycles. The van der Waals surface area contributed by atoms with Crippen LogP contribution in [0.5, 0.6) is 17.2 Å². The summed E-state index contributed by atoms with van der Waals surface area (Å²) in [6, 6.07) is 15.9. The van der Waals surface area contributed by atoms with Gasteiger partial charge in [0.05, 0.1) is 23.1 Å². The third-order valence-electron chi connectivity index (χ3n) is 7.42. The van der Waals surface area contributed by atoms with Crippen LogP contribution in [0.25, 0.3) is 0 Å². The first-order valence-electron chi connectivity index (χ1n) is 13.6. The van der Waals surface area contributed by atoms with Crippen LogP contribution in [-0.2, 0) is 16.6 Å². The number of benzene rings is 3. The lowest BCUT2D eigenvalue weighted by Crippen LogP contribution is -2.49. The fraction of sp³-hybridized carbons (Fsp3) is 0.367. The van der Waals surface area contributed by atoms with Gasteiger partial charge in [0.1, 0.15) is 11.9 Å². The Morgan fingerprint density at radius 1 is 1.07 bits per heavy atom. The molecule has 2 heterocycles. The van der Waals surface area contributed by atoms with Crippen molar-refractivity contribution in [2.24, 2.45) is 5.92 Å². The Balaban J connectivity index is 1.40. The summed E-state index contributed by atoms with van der Waals surface area (Å²) in [6.07, 6.45) is -0.305. The highest BCUT2D eigenvalue weighted by atomic mass is 35.5. The number of halogens is 1. The molecule has 224 valence electrons. The van der Waals surface area contributed by atoms with Gasteiger partial charge in [0, 0.05) is 36.3 Å². The van der Waals surface area contributed by atoms with Crippen molar-refractivity contribution in [3.63, 3.8) is 0 Å². The largest absolute Gasteiger partial charge is 0.488 e. The Hall–Kier alpha value is -3.51. The van der Waals surface area contributed by atoms with E-state index in [1.54, 1.807) is 24.0 Å². The lowest BCUT2D eigenvalue weighted by Gasteiger charge is -2.38. The molecule has 2 aliphatic rings. The van der Waals surface area contributed by atoms with Gasteiger partial charge in [-0.3, -0.25) is 14.4 Å². The highest BCUT2D eigenvalue weighted by Crippen LogP contribution is 2.34. The molecule has 2 N–H and O–H groups in total. The zero-order chi connectivity index (χ0) is 30.0. The summed E-state index contributed by atoms with van der Waals surface area (Å²) in [4.78, 5) is 17.5. The minimum absolute atomic E-state index is 0.0381. The van der Waals surface area contributed by atoms with Gasteiger partial charge >= 0.3 is 0 Å². The van der Waals surface area contributed by atoms with Crippen LogP contribution in [0.4, 0.5) is 5.69 Å². The number of hydrogen-bond acceptors (Lipinski definition) is 8. The van der Waals surface area contributed by atoms with Gasteiger partial charge in [-0.05, 0) is 74.1 Å². The third-order valence-corrected chi connectivity index (χ3v) is 9.07. The number of aliphatic hydroxyl groups is 1. The molecule has 0 radical (unpaired) electrons. The number of anilines is 1. The minimum Gasteiger partial charge on any atom is -0.488 e. The van der Waals surface area contributed by atoms with Gasteiger partial charge in [-0.25, -0.2) is 8.42 Å². The molecule has 0 saturated carbocycles. The van der Waals surface area contributed by atoms with Crippen LogP contribution < -0.4 is 18.9 Å². The third kappa shape index (κ3) is 6.59. The lowest BCUT2D eigenvalue weighted by molar-refractivity contribution is 0.0341. The minimum atomic E-state index is -3.93. The number of rotatable bonds is 9. The number of nitrogens with zero attached hydrogens (tertiary/aromatic N) is 2. The van der Waals surface area contributed by atoms with Crippen molar-refractivity contribution >= 4 is 33.2 Å². The molecule has 42 heavy (non-hydrogen) atoms. The number of likely N-dealkylation sites (N-methyl/N-ethyl adjacent to an activating group) is 1. The number of ether oxygens (including phenoxy) is 3. The fourth-order valence-electron chi connectivity index (χ4n) is 5.05. The van der Waals surface area contributed by atoms with Crippen LogP contribution in [0.1, 0.15) is 29.8 Å². The van der Waals surface area contributed by atoms with E-state index in [0.29, 0.717) is 30.4 Å². The second-order valence-electron chi connectivity index (χ2n) is 10.8. The second kappa shape index (κ2) is 12.4. The quantitative estimate of drug-likeness (QED) is 0.367. The summed E-state index contributed by atoms with van der Waals surface area (Å²) < 4.78 is 45.9.